The molecule has 2 amide bonds. The molecule has 1 heterocycles. The van der Waals surface area contributed by atoms with E-state index in [0.29, 0.717) is 11.4 Å². The summed E-state index contributed by atoms with van der Waals surface area (Å²) < 4.78 is 18.9. The number of aryl methyl sites for hydroxylation is 2. The van der Waals surface area contributed by atoms with Gasteiger partial charge in [0.15, 0.2) is 0 Å². The van der Waals surface area contributed by atoms with Crippen LogP contribution in [0.5, 0.6) is 0 Å². The molecule has 0 fully saturated rings. The van der Waals surface area contributed by atoms with Crippen LogP contribution in [0.3, 0.4) is 0 Å². The van der Waals surface area contributed by atoms with Gasteiger partial charge in [0.2, 0.25) is 0 Å². The molecule has 1 aliphatic heterocycles. The number of ether oxygens (including phenoxy) is 1. The lowest BCUT2D eigenvalue weighted by molar-refractivity contribution is -0.133. The summed E-state index contributed by atoms with van der Waals surface area (Å²) in [5, 5.41) is 6.78. The zero-order chi connectivity index (χ0) is 26.5. The van der Waals surface area contributed by atoms with E-state index < -0.39 is 11.7 Å². The Morgan fingerprint density at radius 3 is 2.51 bits per heavy atom. The Bertz CT molecular complexity index is 1330. The molecule has 0 radical (unpaired) electrons. The number of carbonyl (C=O) groups excluding carboxylic acids is 2. The van der Waals surface area contributed by atoms with Gasteiger partial charge in [-0.1, -0.05) is 41.9 Å². The van der Waals surface area contributed by atoms with Gasteiger partial charge in [-0.25, -0.2) is 9.40 Å². The monoisotopic (exact) mass is 521 g/mol. The standard InChI is InChI=1S/C29H29ClFN3O3/c1-19-7-8-22(15-20(19)2)26-17-27(21-9-11-24(30)12-10-21)34(32-26)28(35)18-33(13-14-37-3)29(36)23-5-4-6-25(31)16-23/h4-12,15-16,27H,13-14,17-18H2,1-3H3. The van der Waals surface area contributed by atoms with Gasteiger partial charge in [-0.2, -0.15) is 5.10 Å². The molecule has 0 saturated carbocycles. The molecule has 1 atom stereocenters. The van der Waals surface area contributed by atoms with Crippen LogP contribution in [0.1, 0.15) is 45.1 Å². The van der Waals surface area contributed by atoms with Crippen LogP contribution in [0.4, 0.5) is 4.39 Å². The van der Waals surface area contributed by atoms with Crippen molar-refractivity contribution in [2.24, 2.45) is 5.10 Å². The SMILES string of the molecule is COCCN(CC(=O)N1N=C(c2ccc(C)c(C)c2)CC1c1ccc(Cl)cc1)C(=O)c1cccc(F)c1. The Kier molecular flexibility index (Phi) is 8.36. The fourth-order valence-corrected chi connectivity index (χ4v) is 4.40. The second-order valence-corrected chi connectivity index (χ2v) is 9.52. The molecular formula is C29H29ClFN3O3. The van der Waals surface area contributed by atoms with Gasteiger partial charge in [-0.05, 0) is 72.5 Å². The van der Waals surface area contributed by atoms with E-state index in [1.54, 1.807) is 12.1 Å². The van der Waals surface area contributed by atoms with E-state index in [9.17, 15) is 14.0 Å². The van der Waals surface area contributed by atoms with E-state index in [4.69, 9.17) is 21.4 Å². The average molecular weight is 522 g/mol. The number of hydrogen-bond donors (Lipinski definition) is 0. The Morgan fingerprint density at radius 1 is 1.08 bits per heavy atom. The maximum Gasteiger partial charge on any atom is 0.262 e. The number of benzene rings is 3. The zero-order valence-electron chi connectivity index (χ0n) is 21.1. The quantitative estimate of drug-likeness (QED) is 0.390. The minimum atomic E-state index is -0.520. The molecule has 4 rings (SSSR count). The average Bonchev–Trinajstić information content (AvgIpc) is 3.34. The number of carbonyl (C=O) groups is 2. The predicted octanol–water partition coefficient (Wildman–Crippen LogP) is 5.56. The fraction of sp³-hybridized carbons (Fsp3) is 0.276. The number of rotatable bonds is 8. The summed E-state index contributed by atoms with van der Waals surface area (Å²) in [6, 6.07) is 18.5. The minimum absolute atomic E-state index is 0.166. The molecular weight excluding hydrogens is 493 g/mol. The van der Waals surface area contributed by atoms with Gasteiger partial charge < -0.3 is 9.64 Å². The Labute approximate surface area is 221 Å². The third-order valence-electron chi connectivity index (χ3n) is 6.51. The Morgan fingerprint density at radius 2 is 1.84 bits per heavy atom. The highest BCUT2D eigenvalue weighted by molar-refractivity contribution is 6.30. The minimum Gasteiger partial charge on any atom is -0.383 e. The lowest BCUT2D eigenvalue weighted by atomic mass is 9.96. The van der Waals surface area contributed by atoms with Crippen molar-refractivity contribution in [3.8, 4) is 0 Å². The van der Waals surface area contributed by atoms with Gasteiger partial charge in [0.05, 0.1) is 18.4 Å². The van der Waals surface area contributed by atoms with Crippen molar-refractivity contribution in [3.05, 3.63) is 105 Å². The largest absolute Gasteiger partial charge is 0.383 e. The van der Waals surface area contributed by atoms with Crippen molar-refractivity contribution in [1.82, 2.24) is 9.91 Å². The molecule has 0 aliphatic carbocycles. The fourth-order valence-electron chi connectivity index (χ4n) is 4.27. The molecule has 3 aromatic rings. The van der Waals surface area contributed by atoms with Crippen molar-refractivity contribution in [2.45, 2.75) is 26.3 Å². The number of hydrogen-bond acceptors (Lipinski definition) is 4. The van der Waals surface area contributed by atoms with Gasteiger partial charge in [-0.15, -0.1) is 0 Å². The topological polar surface area (TPSA) is 62.2 Å². The number of methoxy groups -OCH3 is 1. The summed E-state index contributed by atoms with van der Waals surface area (Å²) in [5.41, 5.74) is 5.11. The van der Waals surface area contributed by atoms with Crippen molar-refractivity contribution < 1.29 is 18.7 Å². The lowest BCUT2D eigenvalue weighted by Gasteiger charge is -2.27. The third kappa shape index (κ3) is 6.24. The smallest absolute Gasteiger partial charge is 0.262 e. The highest BCUT2D eigenvalue weighted by atomic mass is 35.5. The first-order valence-electron chi connectivity index (χ1n) is 12.0. The van der Waals surface area contributed by atoms with E-state index in [2.05, 4.69) is 6.07 Å². The molecule has 3 aromatic carbocycles. The molecule has 1 aliphatic rings. The highest BCUT2D eigenvalue weighted by Crippen LogP contribution is 2.34. The van der Waals surface area contributed by atoms with E-state index >= 15 is 0 Å². The van der Waals surface area contributed by atoms with Gasteiger partial charge in [0.25, 0.3) is 11.8 Å². The molecule has 6 nitrogen and oxygen atoms in total. The maximum atomic E-state index is 13.8. The zero-order valence-corrected chi connectivity index (χ0v) is 21.8. The van der Waals surface area contributed by atoms with E-state index in [1.807, 2.05) is 38.1 Å². The summed E-state index contributed by atoms with van der Waals surface area (Å²) >= 11 is 6.10. The summed E-state index contributed by atoms with van der Waals surface area (Å²) in [7, 11) is 1.52. The van der Waals surface area contributed by atoms with E-state index in [0.717, 1.165) is 28.5 Å². The molecule has 0 aromatic heterocycles. The molecule has 8 heteroatoms. The van der Waals surface area contributed by atoms with Crippen LogP contribution in [0, 0.1) is 19.7 Å². The van der Waals surface area contributed by atoms with Crippen LogP contribution in [-0.2, 0) is 9.53 Å². The molecule has 0 bridgehead atoms. The van der Waals surface area contributed by atoms with Crippen molar-refractivity contribution in [3.63, 3.8) is 0 Å². The number of amides is 2. The number of hydrazone groups is 1. The van der Waals surface area contributed by atoms with Crippen molar-refractivity contribution in [2.75, 3.05) is 26.8 Å². The summed E-state index contributed by atoms with van der Waals surface area (Å²) in [4.78, 5) is 28.2. The van der Waals surface area contributed by atoms with E-state index in [-0.39, 0.29) is 37.2 Å². The summed E-state index contributed by atoms with van der Waals surface area (Å²) in [6.45, 7) is 4.26. The second kappa shape index (κ2) is 11.7. The third-order valence-corrected chi connectivity index (χ3v) is 6.76. The van der Waals surface area contributed by atoms with Crippen LogP contribution < -0.4 is 0 Å². The normalized spacial score (nSPS) is 15.0. The first-order chi connectivity index (χ1) is 17.8. The summed E-state index contributed by atoms with van der Waals surface area (Å²) in [6.07, 6.45) is 0.520. The predicted molar refractivity (Wildman–Crippen MR) is 142 cm³/mol. The molecule has 0 spiro atoms. The first kappa shape index (κ1) is 26.5. The molecule has 0 saturated heterocycles. The number of halogens is 2. The number of nitrogens with zero attached hydrogens (tertiary/aromatic N) is 3. The van der Waals surface area contributed by atoms with E-state index in [1.165, 1.54) is 40.8 Å². The van der Waals surface area contributed by atoms with Gasteiger partial charge in [0.1, 0.15) is 12.4 Å². The van der Waals surface area contributed by atoms with Crippen molar-refractivity contribution >= 4 is 29.1 Å². The first-order valence-corrected chi connectivity index (χ1v) is 12.4. The molecule has 37 heavy (non-hydrogen) atoms. The van der Waals surface area contributed by atoms with Crippen LogP contribution in [-0.4, -0.2) is 54.2 Å². The lowest BCUT2D eigenvalue weighted by Crippen LogP contribution is -2.42. The van der Waals surface area contributed by atoms with Gasteiger partial charge >= 0.3 is 0 Å². The molecule has 192 valence electrons. The van der Waals surface area contributed by atoms with Crippen LogP contribution in [0.25, 0.3) is 0 Å². The highest BCUT2D eigenvalue weighted by Gasteiger charge is 2.34. The van der Waals surface area contributed by atoms with Crippen molar-refractivity contribution in [1.29, 1.82) is 0 Å². The Balaban J connectivity index is 1.64. The summed E-state index contributed by atoms with van der Waals surface area (Å²) in [5.74, 6) is -1.32. The molecule has 1 unspecified atom stereocenters. The maximum absolute atomic E-state index is 13.8. The second-order valence-electron chi connectivity index (χ2n) is 9.09. The molecule has 0 N–H and O–H groups in total. The Hall–Kier alpha value is -3.55. The van der Waals surface area contributed by atoms with Crippen LogP contribution in [0.2, 0.25) is 5.02 Å². The van der Waals surface area contributed by atoms with Crippen LogP contribution >= 0.6 is 11.6 Å². The van der Waals surface area contributed by atoms with Gasteiger partial charge in [-0.3, -0.25) is 9.59 Å². The van der Waals surface area contributed by atoms with Gasteiger partial charge in [0, 0.05) is 30.7 Å². The van der Waals surface area contributed by atoms with Crippen LogP contribution in [0.15, 0.2) is 71.8 Å².